The van der Waals surface area contributed by atoms with E-state index in [0.717, 1.165) is 0 Å². The highest BCUT2D eigenvalue weighted by molar-refractivity contribution is 7.84. The number of aromatic carboxylic acids is 1. The molecule has 0 spiro atoms. The number of carbonyl (C=O) groups is 1. The van der Waals surface area contributed by atoms with E-state index in [4.69, 9.17) is 39.9 Å². The van der Waals surface area contributed by atoms with Crippen molar-refractivity contribution in [2.24, 2.45) is 0 Å². The van der Waals surface area contributed by atoms with Gasteiger partial charge in [0.15, 0.2) is 0 Å². The average molecular weight is 330 g/mol. The second-order valence-electron chi connectivity index (χ2n) is 3.58. The fraction of sp³-hybridized carbons (Fsp3) is 0.364. The molecule has 0 amide bonds. The largest absolute Gasteiger partial charge is 0.478 e. The van der Waals surface area contributed by atoms with Crippen LogP contribution in [-0.2, 0) is 21.0 Å². The lowest BCUT2D eigenvalue weighted by atomic mass is 10.0. The minimum atomic E-state index is -1.73. The number of carboxylic acids is 1. The van der Waals surface area contributed by atoms with Crippen LogP contribution in [0.3, 0.4) is 0 Å². The van der Waals surface area contributed by atoms with Gasteiger partial charge in [0.25, 0.3) is 0 Å². The molecule has 0 fully saturated rings. The van der Waals surface area contributed by atoms with E-state index in [1.807, 2.05) is 0 Å². The summed E-state index contributed by atoms with van der Waals surface area (Å²) in [4.78, 5) is 11.4. The third-order valence-electron chi connectivity index (χ3n) is 2.44. The fourth-order valence-electron chi connectivity index (χ4n) is 1.73. The van der Waals surface area contributed by atoms with E-state index in [2.05, 4.69) is 0 Å². The smallest absolute Gasteiger partial charge is 0.336 e. The van der Waals surface area contributed by atoms with Crippen molar-refractivity contribution in [3.63, 3.8) is 0 Å². The number of rotatable bonds is 3. The summed E-state index contributed by atoms with van der Waals surface area (Å²) < 4.78 is 10.1. The second kappa shape index (κ2) is 5.78. The molecule has 7 heteroatoms. The molecule has 0 radical (unpaired) electrons. The van der Waals surface area contributed by atoms with Gasteiger partial charge in [-0.1, -0.05) is 47.8 Å². The van der Waals surface area contributed by atoms with E-state index in [1.165, 1.54) is 18.4 Å². The number of hydrogen-bond acceptors (Lipinski definition) is 2. The van der Waals surface area contributed by atoms with Crippen LogP contribution in [0, 0.1) is 0 Å². The van der Waals surface area contributed by atoms with E-state index < -0.39 is 20.6 Å². The monoisotopic (exact) mass is 328 g/mol. The van der Waals surface area contributed by atoms with Gasteiger partial charge in [0, 0.05) is 16.7 Å². The summed E-state index contributed by atoms with van der Waals surface area (Å²) in [6.07, 6.45) is 1.82. The van der Waals surface area contributed by atoms with Crippen molar-refractivity contribution in [2.45, 2.75) is 22.0 Å². The van der Waals surface area contributed by atoms with Gasteiger partial charge in [0.05, 0.1) is 16.4 Å². The Balaban J connectivity index is 3.70. The molecule has 100 valence electrons. The summed E-state index contributed by atoms with van der Waals surface area (Å²) in [5.74, 6) is -1.09. The molecule has 18 heavy (non-hydrogen) atoms. The highest BCUT2D eigenvalue weighted by Crippen LogP contribution is 2.42. The lowest BCUT2D eigenvalue weighted by Crippen LogP contribution is -2.13. The van der Waals surface area contributed by atoms with Crippen LogP contribution in [0.5, 0.6) is 0 Å². The number of alkyl halides is 3. The van der Waals surface area contributed by atoms with Crippen molar-refractivity contribution in [1.29, 1.82) is 0 Å². The van der Waals surface area contributed by atoms with Crippen molar-refractivity contribution in [3.05, 3.63) is 28.8 Å². The summed E-state index contributed by atoms with van der Waals surface area (Å²) >= 11 is 17.5. The second-order valence-corrected chi connectivity index (χ2v) is 7.18. The van der Waals surface area contributed by atoms with Gasteiger partial charge in [-0.05, 0) is 18.1 Å². The molecule has 0 aromatic heterocycles. The van der Waals surface area contributed by atoms with Crippen molar-refractivity contribution in [1.82, 2.24) is 0 Å². The van der Waals surface area contributed by atoms with Crippen LogP contribution >= 0.6 is 34.8 Å². The van der Waals surface area contributed by atoms with Gasteiger partial charge in [-0.3, -0.25) is 4.21 Å². The molecule has 0 unspecified atom stereocenters. The molecule has 0 aliphatic heterocycles. The maximum absolute atomic E-state index is 11.8. The SMILES string of the molecule is CCc1c(C(=O)O)ccc(C(Cl)(Cl)Cl)c1[S@@](C)=O. The normalized spacial score (nSPS) is 13.4. The van der Waals surface area contributed by atoms with Gasteiger partial charge in [-0.2, -0.15) is 0 Å². The van der Waals surface area contributed by atoms with Gasteiger partial charge < -0.3 is 5.11 Å². The number of carboxylic acid groups (broad SMARTS) is 1. The molecule has 0 bridgehead atoms. The first-order chi connectivity index (χ1) is 8.20. The molecule has 1 N–H and O–H groups in total. The van der Waals surface area contributed by atoms with E-state index in [-0.39, 0.29) is 16.0 Å². The van der Waals surface area contributed by atoms with Gasteiger partial charge in [-0.15, -0.1) is 0 Å². The summed E-state index contributed by atoms with van der Waals surface area (Å²) in [7, 11) is -1.44. The van der Waals surface area contributed by atoms with E-state index in [0.29, 0.717) is 12.0 Å². The van der Waals surface area contributed by atoms with Crippen LogP contribution in [0.25, 0.3) is 0 Å². The van der Waals surface area contributed by atoms with Crippen LogP contribution in [0.1, 0.15) is 28.4 Å². The Bertz CT molecular complexity index is 509. The Morgan fingerprint density at radius 1 is 1.39 bits per heavy atom. The van der Waals surface area contributed by atoms with Crippen LogP contribution < -0.4 is 0 Å². The minimum Gasteiger partial charge on any atom is -0.478 e. The van der Waals surface area contributed by atoms with Gasteiger partial charge in [0.1, 0.15) is 0 Å². The molecular formula is C11H11Cl3O3S. The Hall–Kier alpha value is -0.290. The zero-order valence-corrected chi connectivity index (χ0v) is 12.8. The lowest BCUT2D eigenvalue weighted by Gasteiger charge is -2.19. The van der Waals surface area contributed by atoms with Crippen LogP contribution in [-0.4, -0.2) is 21.5 Å². The van der Waals surface area contributed by atoms with Gasteiger partial charge in [-0.25, -0.2) is 4.79 Å². The number of hydrogen-bond donors (Lipinski definition) is 1. The summed E-state index contributed by atoms with van der Waals surface area (Å²) in [6, 6.07) is 2.76. The molecule has 1 rings (SSSR count). The summed E-state index contributed by atoms with van der Waals surface area (Å²) in [6.45, 7) is 1.76. The molecule has 1 aromatic rings. The predicted molar refractivity (Wildman–Crippen MR) is 74.3 cm³/mol. The van der Waals surface area contributed by atoms with Gasteiger partial charge in [0.2, 0.25) is 3.79 Å². The Morgan fingerprint density at radius 3 is 2.28 bits per heavy atom. The topological polar surface area (TPSA) is 54.4 Å². The average Bonchev–Trinajstić information content (AvgIpc) is 2.25. The fourth-order valence-corrected chi connectivity index (χ4v) is 3.50. The van der Waals surface area contributed by atoms with Crippen LogP contribution in [0.2, 0.25) is 0 Å². The highest BCUT2D eigenvalue weighted by atomic mass is 35.6. The first kappa shape index (κ1) is 15.8. The third-order valence-corrected chi connectivity index (χ3v) is 4.09. The minimum absolute atomic E-state index is 0.0840. The molecule has 0 saturated heterocycles. The van der Waals surface area contributed by atoms with Crippen molar-refractivity contribution >= 4 is 51.6 Å². The zero-order valence-electron chi connectivity index (χ0n) is 9.67. The van der Waals surface area contributed by atoms with Gasteiger partial charge >= 0.3 is 5.97 Å². The lowest BCUT2D eigenvalue weighted by molar-refractivity contribution is 0.0695. The van der Waals surface area contributed by atoms with Crippen LogP contribution in [0.4, 0.5) is 0 Å². The molecule has 0 aliphatic carbocycles. The summed E-state index contributed by atoms with van der Waals surface area (Å²) in [5.41, 5.74) is 0.781. The first-order valence-electron chi connectivity index (χ1n) is 5.00. The maximum Gasteiger partial charge on any atom is 0.336 e. The molecule has 0 aliphatic rings. The summed E-state index contributed by atoms with van der Waals surface area (Å²) in [5, 5.41) is 9.10. The van der Waals surface area contributed by atoms with E-state index >= 15 is 0 Å². The van der Waals surface area contributed by atoms with Crippen molar-refractivity contribution < 1.29 is 14.1 Å². The van der Waals surface area contributed by atoms with Crippen molar-refractivity contribution in [2.75, 3.05) is 6.26 Å². The van der Waals surface area contributed by atoms with E-state index in [1.54, 1.807) is 6.92 Å². The van der Waals surface area contributed by atoms with Crippen molar-refractivity contribution in [3.8, 4) is 0 Å². The Labute approximate surface area is 122 Å². The molecule has 0 heterocycles. The molecule has 0 saturated carbocycles. The van der Waals surface area contributed by atoms with E-state index in [9.17, 15) is 9.00 Å². The molecule has 3 nitrogen and oxygen atoms in total. The number of halogens is 3. The molecular weight excluding hydrogens is 319 g/mol. The molecule has 1 atom stereocenters. The zero-order chi connectivity index (χ0) is 14.1. The Kier molecular flexibility index (Phi) is 5.06. The van der Waals surface area contributed by atoms with Crippen LogP contribution in [0.15, 0.2) is 17.0 Å². The predicted octanol–water partition coefficient (Wildman–Crippen LogP) is 3.51. The standard InChI is InChI=1S/C11H11Cl3O3S/c1-3-6-7(10(15)16)4-5-8(11(12,13)14)9(6)18(2)17/h4-5H,3H2,1-2H3,(H,15,16)/t18-/m1/s1. The maximum atomic E-state index is 11.8. The Morgan fingerprint density at radius 2 is 1.94 bits per heavy atom. The molecule has 1 aromatic carbocycles. The third kappa shape index (κ3) is 3.18. The highest BCUT2D eigenvalue weighted by Gasteiger charge is 2.30. The quantitative estimate of drug-likeness (QED) is 0.863. The first-order valence-corrected chi connectivity index (χ1v) is 7.69. The number of benzene rings is 1.